The van der Waals surface area contributed by atoms with Gasteiger partial charge in [-0.05, 0) is 50.1 Å². The highest BCUT2D eigenvalue weighted by Gasteiger charge is 2.14. The van der Waals surface area contributed by atoms with E-state index in [9.17, 15) is 14.4 Å². The molecule has 0 bridgehead atoms. The van der Waals surface area contributed by atoms with Gasteiger partial charge in [0.15, 0.2) is 0 Å². The number of rotatable bonds is 4. The van der Waals surface area contributed by atoms with E-state index in [1.165, 1.54) is 18.9 Å². The summed E-state index contributed by atoms with van der Waals surface area (Å²) in [6.45, 7) is 4.03. The lowest BCUT2D eigenvalue weighted by atomic mass is 10.1. The number of hydrogen-bond donors (Lipinski definition) is 2. The molecule has 1 amide bonds. The molecule has 1 aliphatic heterocycles. The molecule has 3 heterocycles. The standard InChI is InChI=1S/C20H21N5O3/c1-2-25-19(27)15-7-5-13(11-16(15)23-20(25)28)18(26)22-14-6-8-17(21-12-14)24-9-3-4-10-24/h5-8,11-12H,2-4,9-10H2,1H3,(H,22,26)(H,23,28). The van der Waals surface area contributed by atoms with Crippen LogP contribution in [0.25, 0.3) is 10.9 Å². The first-order valence-corrected chi connectivity index (χ1v) is 9.36. The molecule has 1 saturated heterocycles. The van der Waals surface area contributed by atoms with Gasteiger partial charge in [-0.2, -0.15) is 0 Å². The lowest BCUT2D eigenvalue weighted by molar-refractivity contribution is 0.102. The van der Waals surface area contributed by atoms with Crippen molar-refractivity contribution in [3.8, 4) is 0 Å². The minimum Gasteiger partial charge on any atom is -0.357 e. The van der Waals surface area contributed by atoms with E-state index in [0.717, 1.165) is 23.5 Å². The van der Waals surface area contributed by atoms with E-state index in [1.54, 1.807) is 25.3 Å². The minimum absolute atomic E-state index is 0.284. The Hall–Kier alpha value is -3.42. The molecular formula is C20H21N5O3. The predicted octanol–water partition coefficient (Wildman–Crippen LogP) is 1.96. The summed E-state index contributed by atoms with van der Waals surface area (Å²) in [4.78, 5) is 46.2. The number of pyridine rings is 1. The number of hydrogen-bond acceptors (Lipinski definition) is 5. The van der Waals surface area contributed by atoms with Gasteiger partial charge < -0.3 is 15.2 Å². The third-order valence-corrected chi connectivity index (χ3v) is 5.00. The molecule has 0 aliphatic carbocycles. The molecule has 0 atom stereocenters. The number of aromatic nitrogens is 3. The molecule has 0 saturated carbocycles. The largest absolute Gasteiger partial charge is 0.357 e. The van der Waals surface area contributed by atoms with Crippen molar-refractivity contribution >= 4 is 28.3 Å². The summed E-state index contributed by atoms with van der Waals surface area (Å²) in [7, 11) is 0. The fourth-order valence-corrected chi connectivity index (χ4v) is 3.48. The molecule has 0 unspecified atom stereocenters. The molecule has 144 valence electrons. The fourth-order valence-electron chi connectivity index (χ4n) is 3.48. The van der Waals surface area contributed by atoms with E-state index in [2.05, 4.69) is 20.2 Å². The van der Waals surface area contributed by atoms with Crippen LogP contribution < -0.4 is 21.5 Å². The summed E-state index contributed by atoms with van der Waals surface area (Å²) < 4.78 is 1.12. The number of nitrogens with zero attached hydrogens (tertiary/aromatic N) is 3. The Morgan fingerprint density at radius 1 is 1.18 bits per heavy atom. The third kappa shape index (κ3) is 3.28. The van der Waals surface area contributed by atoms with Gasteiger partial charge in [0.25, 0.3) is 11.5 Å². The number of anilines is 2. The van der Waals surface area contributed by atoms with E-state index in [1.807, 2.05) is 12.1 Å². The number of carbonyl (C=O) groups excluding carboxylic acids is 1. The van der Waals surface area contributed by atoms with Crippen LogP contribution in [0.1, 0.15) is 30.1 Å². The quantitative estimate of drug-likeness (QED) is 0.722. The van der Waals surface area contributed by atoms with Crippen LogP contribution in [0.15, 0.2) is 46.1 Å². The maximum absolute atomic E-state index is 12.6. The van der Waals surface area contributed by atoms with Crippen molar-refractivity contribution in [2.45, 2.75) is 26.3 Å². The Labute approximate surface area is 160 Å². The summed E-state index contributed by atoms with van der Waals surface area (Å²) in [5.41, 5.74) is 0.424. The molecule has 2 aromatic heterocycles. The molecule has 8 heteroatoms. The van der Waals surface area contributed by atoms with Crippen LogP contribution in [-0.4, -0.2) is 33.5 Å². The molecular weight excluding hydrogens is 358 g/mol. The van der Waals surface area contributed by atoms with Crippen LogP contribution in [0.3, 0.4) is 0 Å². The van der Waals surface area contributed by atoms with E-state index in [4.69, 9.17) is 0 Å². The van der Waals surface area contributed by atoms with E-state index in [0.29, 0.717) is 22.2 Å². The predicted molar refractivity (Wildman–Crippen MR) is 108 cm³/mol. The molecule has 3 aromatic rings. The highest BCUT2D eigenvalue weighted by atomic mass is 16.2. The van der Waals surface area contributed by atoms with Gasteiger partial charge in [0, 0.05) is 25.2 Å². The molecule has 1 fully saturated rings. The van der Waals surface area contributed by atoms with Gasteiger partial charge in [-0.25, -0.2) is 9.78 Å². The van der Waals surface area contributed by atoms with Crippen molar-refractivity contribution in [3.05, 3.63) is 62.9 Å². The molecule has 28 heavy (non-hydrogen) atoms. The molecule has 8 nitrogen and oxygen atoms in total. The number of fused-ring (bicyclic) bond motifs is 1. The van der Waals surface area contributed by atoms with E-state index < -0.39 is 5.69 Å². The zero-order chi connectivity index (χ0) is 19.7. The Balaban J connectivity index is 1.57. The topological polar surface area (TPSA) is 100 Å². The van der Waals surface area contributed by atoms with Crippen molar-refractivity contribution in [1.29, 1.82) is 0 Å². The average molecular weight is 379 g/mol. The van der Waals surface area contributed by atoms with Gasteiger partial charge in [-0.15, -0.1) is 0 Å². The second kappa shape index (κ2) is 7.30. The van der Waals surface area contributed by atoms with Gasteiger partial charge in [0.2, 0.25) is 0 Å². The Bertz CT molecular complexity index is 1140. The van der Waals surface area contributed by atoms with Crippen molar-refractivity contribution in [2.24, 2.45) is 0 Å². The van der Waals surface area contributed by atoms with Gasteiger partial charge in [0.05, 0.1) is 22.8 Å². The smallest absolute Gasteiger partial charge is 0.328 e. The second-order valence-corrected chi connectivity index (χ2v) is 6.79. The molecule has 1 aromatic carbocycles. The first-order valence-electron chi connectivity index (χ1n) is 9.36. The summed E-state index contributed by atoms with van der Waals surface area (Å²) in [6.07, 6.45) is 3.98. The summed E-state index contributed by atoms with van der Waals surface area (Å²) in [5.74, 6) is 0.573. The maximum Gasteiger partial charge on any atom is 0.328 e. The highest BCUT2D eigenvalue weighted by molar-refractivity contribution is 6.06. The number of aromatic amines is 1. The van der Waals surface area contributed by atoms with E-state index >= 15 is 0 Å². The van der Waals surface area contributed by atoms with Crippen LogP contribution in [0.5, 0.6) is 0 Å². The number of benzene rings is 1. The lowest BCUT2D eigenvalue weighted by Gasteiger charge is -2.16. The van der Waals surface area contributed by atoms with Crippen LogP contribution in [-0.2, 0) is 6.54 Å². The van der Waals surface area contributed by atoms with Gasteiger partial charge in [0.1, 0.15) is 5.82 Å². The van der Waals surface area contributed by atoms with Crippen molar-refractivity contribution < 1.29 is 4.79 Å². The Morgan fingerprint density at radius 2 is 1.96 bits per heavy atom. The fraction of sp³-hybridized carbons (Fsp3) is 0.300. The number of amides is 1. The Morgan fingerprint density at radius 3 is 2.64 bits per heavy atom. The summed E-state index contributed by atoms with van der Waals surface area (Å²) >= 11 is 0. The summed E-state index contributed by atoms with van der Waals surface area (Å²) in [5, 5.41) is 3.17. The van der Waals surface area contributed by atoms with Crippen LogP contribution >= 0.6 is 0 Å². The highest BCUT2D eigenvalue weighted by Crippen LogP contribution is 2.19. The monoisotopic (exact) mass is 379 g/mol. The maximum atomic E-state index is 12.6. The van der Waals surface area contributed by atoms with Gasteiger partial charge in [-0.3, -0.25) is 14.2 Å². The first-order chi connectivity index (χ1) is 13.6. The summed E-state index contributed by atoms with van der Waals surface area (Å²) in [6, 6.07) is 8.36. The number of carbonyl (C=O) groups is 1. The van der Waals surface area contributed by atoms with Gasteiger partial charge in [-0.1, -0.05) is 0 Å². The molecule has 4 rings (SSSR count). The number of nitrogens with one attached hydrogen (secondary N) is 2. The first kappa shape index (κ1) is 18.0. The van der Waals surface area contributed by atoms with Crippen molar-refractivity contribution in [3.63, 3.8) is 0 Å². The van der Waals surface area contributed by atoms with Crippen molar-refractivity contribution in [1.82, 2.24) is 14.5 Å². The second-order valence-electron chi connectivity index (χ2n) is 6.79. The molecule has 0 spiro atoms. The van der Waals surface area contributed by atoms with Crippen LogP contribution in [0.2, 0.25) is 0 Å². The Kier molecular flexibility index (Phi) is 4.68. The SMILES string of the molecule is CCn1c(=O)[nH]c2cc(C(=O)Nc3ccc(N4CCCC4)nc3)ccc2c1=O. The third-order valence-electron chi connectivity index (χ3n) is 5.00. The van der Waals surface area contributed by atoms with Crippen LogP contribution in [0, 0.1) is 0 Å². The van der Waals surface area contributed by atoms with Gasteiger partial charge >= 0.3 is 5.69 Å². The molecule has 0 radical (unpaired) electrons. The van der Waals surface area contributed by atoms with E-state index in [-0.39, 0.29) is 18.0 Å². The number of H-pyrrole nitrogens is 1. The average Bonchev–Trinajstić information content (AvgIpc) is 3.23. The zero-order valence-electron chi connectivity index (χ0n) is 15.6. The molecule has 2 N–H and O–H groups in total. The van der Waals surface area contributed by atoms with Crippen LogP contribution in [0.4, 0.5) is 11.5 Å². The van der Waals surface area contributed by atoms with Crippen molar-refractivity contribution in [2.75, 3.05) is 23.3 Å². The molecule has 1 aliphatic rings. The normalized spacial score (nSPS) is 13.8. The minimum atomic E-state index is -0.487. The lowest BCUT2D eigenvalue weighted by Crippen LogP contribution is -2.34. The zero-order valence-corrected chi connectivity index (χ0v) is 15.6.